The summed E-state index contributed by atoms with van der Waals surface area (Å²) in [6.07, 6.45) is 1.37. The molecule has 1 heterocycles. The Hall–Kier alpha value is -2.78. The Labute approximate surface area is 170 Å². The van der Waals surface area contributed by atoms with Crippen LogP contribution in [-0.2, 0) is 9.59 Å². The monoisotopic (exact) mass is 446 g/mol. The second kappa shape index (κ2) is 8.49. The van der Waals surface area contributed by atoms with Gasteiger partial charge >= 0.3 is 0 Å². The minimum Gasteiger partial charge on any atom is -0.368 e. The molecule has 0 aliphatic carbocycles. The van der Waals surface area contributed by atoms with Crippen LogP contribution in [0.25, 0.3) is 0 Å². The van der Waals surface area contributed by atoms with Crippen LogP contribution in [0, 0.1) is 10.1 Å². The summed E-state index contributed by atoms with van der Waals surface area (Å²) in [5.41, 5.74) is 6.61. The number of rotatable bonds is 6. The smallest absolute Gasteiger partial charge is 0.270 e. The van der Waals surface area contributed by atoms with E-state index in [2.05, 4.69) is 21.2 Å². The van der Waals surface area contributed by atoms with Crippen LogP contribution in [0.2, 0.25) is 0 Å². The highest BCUT2D eigenvalue weighted by Crippen LogP contribution is 2.32. The molecule has 0 radical (unpaired) electrons. The molecule has 0 saturated carbocycles. The van der Waals surface area contributed by atoms with Crippen LogP contribution in [0.5, 0.6) is 0 Å². The van der Waals surface area contributed by atoms with Crippen molar-refractivity contribution in [3.05, 3.63) is 68.7 Å². The van der Waals surface area contributed by atoms with E-state index in [1.165, 1.54) is 18.2 Å². The maximum atomic E-state index is 13.2. The first-order valence-electron chi connectivity index (χ1n) is 8.73. The van der Waals surface area contributed by atoms with E-state index in [1.54, 1.807) is 0 Å². The molecular formula is C19H19BrN4O4. The number of halogens is 1. The summed E-state index contributed by atoms with van der Waals surface area (Å²) >= 11 is 3.26. The number of hydrogen-bond donors (Lipinski definition) is 2. The van der Waals surface area contributed by atoms with Gasteiger partial charge in [-0.25, -0.2) is 0 Å². The van der Waals surface area contributed by atoms with Gasteiger partial charge in [0.15, 0.2) is 0 Å². The van der Waals surface area contributed by atoms with Gasteiger partial charge in [-0.05, 0) is 40.4 Å². The molecule has 1 fully saturated rings. The topological polar surface area (TPSA) is 119 Å². The van der Waals surface area contributed by atoms with Gasteiger partial charge in [0.1, 0.15) is 6.04 Å². The van der Waals surface area contributed by atoms with Crippen LogP contribution < -0.4 is 11.1 Å². The fourth-order valence-electron chi connectivity index (χ4n) is 3.45. The number of carbonyl (C=O) groups excluding carboxylic acids is 2. The third-order valence-corrected chi connectivity index (χ3v) is 5.40. The number of carbonyl (C=O) groups is 2. The number of nitrogens with one attached hydrogen (secondary N) is 1. The van der Waals surface area contributed by atoms with Gasteiger partial charge in [0.25, 0.3) is 5.69 Å². The second-order valence-electron chi connectivity index (χ2n) is 6.52. The Kier molecular flexibility index (Phi) is 6.05. The number of primary amides is 1. The molecule has 0 spiro atoms. The largest absolute Gasteiger partial charge is 0.368 e. The quantitative estimate of drug-likeness (QED) is 0.522. The Bertz CT molecular complexity index is 906. The summed E-state index contributed by atoms with van der Waals surface area (Å²) in [6.45, 7) is 0.571. The van der Waals surface area contributed by atoms with Crippen molar-refractivity contribution in [1.82, 2.24) is 4.90 Å². The zero-order valence-electron chi connectivity index (χ0n) is 14.9. The number of nitro benzene ring substituents is 1. The summed E-state index contributed by atoms with van der Waals surface area (Å²) in [4.78, 5) is 37.2. The number of likely N-dealkylation sites (tertiary alicyclic amines) is 1. The lowest BCUT2D eigenvalue weighted by atomic mass is 10.0. The third-order valence-electron chi connectivity index (χ3n) is 4.74. The van der Waals surface area contributed by atoms with Gasteiger partial charge in [-0.15, -0.1) is 0 Å². The number of non-ortho nitro benzene ring substituents is 1. The van der Waals surface area contributed by atoms with Gasteiger partial charge in [0, 0.05) is 23.2 Å². The maximum absolute atomic E-state index is 13.2. The number of benzene rings is 2. The van der Waals surface area contributed by atoms with Crippen LogP contribution in [-0.4, -0.2) is 34.2 Å². The van der Waals surface area contributed by atoms with E-state index in [1.807, 2.05) is 35.2 Å². The Balaban J connectivity index is 1.91. The Morgan fingerprint density at radius 3 is 2.57 bits per heavy atom. The summed E-state index contributed by atoms with van der Waals surface area (Å²) in [5, 5.41) is 13.7. The van der Waals surface area contributed by atoms with Crippen molar-refractivity contribution in [3.8, 4) is 0 Å². The summed E-state index contributed by atoms with van der Waals surface area (Å²) < 4.78 is 0.398. The van der Waals surface area contributed by atoms with E-state index in [0.717, 1.165) is 12.0 Å². The molecule has 0 bridgehead atoms. The highest BCUT2D eigenvalue weighted by atomic mass is 79.9. The average molecular weight is 447 g/mol. The molecule has 3 rings (SSSR count). The summed E-state index contributed by atoms with van der Waals surface area (Å²) in [5.74, 6) is -0.795. The summed E-state index contributed by atoms with van der Waals surface area (Å²) in [6, 6.07) is 12.0. The molecule has 2 amide bonds. The van der Waals surface area contributed by atoms with E-state index < -0.39 is 22.9 Å². The number of nitrogens with zero attached hydrogens (tertiary/aromatic N) is 2. The van der Waals surface area contributed by atoms with Gasteiger partial charge in [-0.2, -0.15) is 0 Å². The Morgan fingerprint density at radius 2 is 1.96 bits per heavy atom. The number of nitro groups is 1. The van der Waals surface area contributed by atoms with Crippen molar-refractivity contribution < 1.29 is 14.5 Å². The molecule has 0 aromatic heterocycles. The molecule has 2 atom stereocenters. The highest BCUT2D eigenvalue weighted by Gasteiger charge is 2.38. The molecule has 2 unspecified atom stereocenters. The first-order chi connectivity index (χ1) is 13.4. The maximum Gasteiger partial charge on any atom is 0.270 e. The van der Waals surface area contributed by atoms with Crippen molar-refractivity contribution >= 4 is 39.1 Å². The van der Waals surface area contributed by atoms with Crippen LogP contribution in [0.3, 0.4) is 0 Å². The molecule has 2 aromatic rings. The SMILES string of the molecule is NC(=O)C1CCCN1C(C(=O)Nc1ccc([N+](=O)[O-])cc1Br)c1ccccc1. The predicted octanol–water partition coefficient (Wildman–Crippen LogP) is 2.99. The first kappa shape index (κ1) is 20.0. The lowest BCUT2D eigenvalue weighted by Gasteiger charge is -2.31. The molecule has 8 nitrogen and oxygen atoms in total. The standard InChI is InChI=1S/C19H19BrN4O4/c20-14-11-13(24(27)28)8-9-15(14)22-19(26)17(12-5-2-1-3-6-12)23-10-4-7-16(23)18(21)25/h1-3,5-6,8-9,11,16-17H,4,7,10H2,(H2,21,25)(H,22,26). The number of nitrogens with two attached hydrogens (primary N) is 1. The number of anilines is 1. The van der Waals surface area contributed by atoms with Crippen molar-refractivity contribution in [1.29, 1.82) is 0 Å². The molecule has 28 heavy (non-hydrogen) atoms. The minimum atomic E-state index is -0.705. The highest BCUT2D eigenvalue weighted by molar-refractivity contribution is 9.10. The fraction of sp³-hybridized carbons (Fsp3) is 0.263. The molecular weight excluding hydrogens is 428 g/mol. The van der Waals surface area contributed by atoms with Crippen LogP contribution in [0.1, 0.15) is 24.4 Å². The number of hydrogen-bond acceptors (Lipinski definition) is 5. The normalized spacial score (nSPS) is 17.8. The molecule has 146 valence electrons. The lowest BCUT2D eigenvalue weighted by Crippen LogP contribution is -2.46. The van der Waals surface area contributed by atoms with E-state index in [9.17, 15) is 19.7 Å². The summed E-state index contributed by atoms with van der Waals surface area (Å²) in [7, 11) is 0. The van der Waals surface area contributed by atoms with E-state index in [-0.39, 0.29) is 11.6 Å². The van der Waals surface area contributed by atoms with E-state index in [0.29, 0.717) is 23.1 Å². The molecule has 1 saturated heterocycles. The second-order valence-corrected chi connectivity index (χ2v) is 7.38. The zero-order chi connectivity index (χ0) is 20.3. The van der Waals surface area contributed by atoms with Crippen LogP contribution in [0.15, 0.2) is 53.0 Å². The van der Waals surface area contributed by atoms with Crippen molar-refractivity contribution in [2.24, 2.45) is 5.73 Å². The molecule has 1 aliphatic heterocycles. The van der Waals surface area contributed by atoms with Gasteiger partial charge < -0.3 is 11.1 Å². The van der Waals surface area contributed by atoms with Crippen molar-refractivity contribution in [2.45, 2.75) is 24.9 Å². The van der Waals surface area contributed by atoms with Gasteiger partial charge in [-0.3, -0.25) is 24.6 Å². The third kappa shape index (κ3) is 4.20. The van der Waals surface area contributed by atoms with Crippen molar-refractivity contribution in [3.63, 3.8) is 0 Å². The van der Waals surface area contributed by atoms with E-state index >= 15 is 0 Å². The van der Waals surface area contributed by atoms with Gasteiger partial charge in [-0.1, -0.05) is 30.3 Å². The van der Waals surface area contributed by atoms with Crippen LogP contribution in [0.4, 0.5) is 11.4 Å². The first-order valence-corrected chi connectivity index (χ1v) is 9.52. The fourth-order valence-corrected chi connectivity index (χ4v) is 3.92. The van der Waals surface area contributed by atoms with Crippen LogP contribution >= 0.6 is 15.9 Å². The van der Waals surface area contributed by atoms with E-state index in [4.69, 9.17) is 5.73 Å². The van der Waals surface area contributed by atoms with Crippen molar-refractivity contribution in [2.75, 3.05) is 11.9 Å². The average Bonchev–Trinajstić information content (AvgIpc) is 3.14. The Morgan fingerprint density at radius 1 is 1.25 bits per heavy atom. The zero-order valence-corrected chi connectivity index (χ0v) is 16.5. The molecule has 2 aromatic carbocycles. The predicted molar refractivity (Wildman–Crippen MR) is 108 cm³/mol. The molecule has 3 N–H and O–H groups in total. The minimum absolute atomic E-state index is 0.0854. The molecule has 1 aliphatic rings. The molecule has 9 heteroatoms. The van der Waals surface area contributed by atoms with Gasteiger partial charge in [0.05, 0.1) is 16.7 Å². The number of amides is 2. The van der Waals surface area contributed by atoms with Gasteiger partial charge in [0.2, 0.25) is 11.8 Å². The lowest BCUT2D eigenvalue weighted by molar-refractivity contribution is -0.384.